The summed E-state index contributed by atoms with van der Waals surface area (Å²) in [6.07, 6.45) is 0. The van der Waals surface area contributed by atoms with Crippen LogP contribution in [0.4, 0.5) is 10.5 Å². The second-order valence-electron chi connectivity index (χ2n) is 4.95. The molecule has 5 heteroatoms. The Labute approximate surface area is 139 Å². The number of ether oxygens (including phenoxy) is 1. The fraction of sp³-hybridized carbons (Fsp3) is 0.235. The lowest BCUT2D eigenvalue weighted by Crippen LogP contribution is -2.32. The molecular weight excluding hydrogens is 344 g/mol. The van der Waals surface area contributed by atoms with E-state index in [1.54, 1.807) is 0 Å². The highest BCUT2D eigenvalue weighted by atomic mass is 79.9. The highest BCUT2D eigenvalue weighted by Crippen LogP contribution is 2.19. The van der Waals surface area contributed by atoms with E-state index >= 15 is 0 Å². The number of carbonyl (C=O) groups is 1. The van der Waals surface area contributed by atoms with Crippen molar-refractivity contribution in [1.82, 2.24) is 5.32 Å². The number of hydrogen-bond donors (Lipinski definition) is 2. The Kier molecular flexibility index (Phi) is 5.83. The summed E-state index contributed by atoms with van der Waals surface area (Å²) in [6.45, 7) is 4.81. The minimum atomic E-state index is -0.237. The summed E-state index contributed by atoms with van der Waals surface area (Å²) in [7, 11) is 0. The maximum absolute atomic E-state index is 11.8. The Morgan fingerprint density at radius 2 is 1.91 bits per heavy atom. The number of benzene rings is 2. The normalized spacial score (nSPS) is 10.1. The molecular formula is C17H19BrN2O2. The molecule has 0 heterocycles. The molecule has 0 aliphatic carbocycles. The first-order chi connectivity index (χ1) is 10.6. The van der Waals surface area contributed by atoms with E-state index in [1.807, 2.05) is 56.3 Å². The second-order valence-corrected chi connectivity index (χ2v) is 5.87. The van der Waals surface area contributed by atoms with Crippen LogP contribution in [0, 0.1) is 13.8 Å². The smallest absolute Gasteiger partial charge is 0.319 e. The molecule has 2 aromatic rings. The van der Waals surface area contributed by atoms with Crippen LogP contribution in [-0.4, -0.2) is 19.2 Å². The minimum absolute atomic E-state index is 0.237. The van der Waals surface area contributed by atoms with Crippen molar-refractivity contribution < 1.29 is 9.53 Å². The Balaban J connectivity index is 1.75. The lowest BCUT2D eigenvalue weighted by molar-refractivity contribution is 0.247. The molecule has 22 heavy (non-hydrogen) atoms. The maximum atomic E-state index is 11.8. The SMILES string of the molecule is Cc1cc(Br)ccc1NC(=O)NCCOc1ccccc1C. The van der Waals surface area contributed by atoms with E-state index in [4.69, 9.17) is 4.74 Å². The summed E-state index contributed by atoms with van der Waals surface area (Å²) in [5.41, 5.74) is 2.87. The van der Waals surface area contributed by atoms with Gasteiger partial charge < -0.3 is 15.4 Å². The molecule has 116 valence electrons. The first-order valence-electron chi connectivity index (χ1n) is 7.05. The van der Waals surface area contributed by atoms with E-state index in [0.717, 1.165) is 27.0 Å². The quantitative estimate of drug-likeness (QED) is 0.780. The lowest BCUT2D eigenvalue weighted by atomic mass is 10.2. The van der Waals surface area contributed by atoms with Crippen molar-refractivity contribution in [2.24, 2.45) is 0 Å². The number of anilines is 1. The number of urea groups is 1. The predicted octanol–water partition coefficient (Wildman–Crippen LogP) is 4.27. The third-order valence-corrected chi connectivity index (χ3v) is 3.67. The predicted molar refractivity (Wildman–Crippen MR) is 92.6 cm³/mol. The van der Waals surface area contributed by atoms with Crippen LogP contribution in [-0.2, 0) is 0 Å². The largest absolute Gasteiger partial charge is 0.491 e. The molecule has 0 atom stereocenters. The summed E-state index contributed by atoms with van der Waals surface area (Å²) >= 11 is 3.40. The topological polar surface area (TPSA) is 50.4 Å². The van der Waals surface area contributed by atoms with Gasteiger partial charge in [0.25, 0.3) is 0 Å². The van der Waals surface area contributed by atoms with Crippen molar-refractivity contribution in [2.75, 3.05) is 18.5 Å². The first-order valence-corrected chi connectivity index (χ1v) is 7.85. The lowest BCUT2D eigenvalue weighted by Gasteiger charge is -2.11. The molecule has 0 aliphatic heterocycles. The first kappa shape index (κ1) is 16.4. The van der Waals surface area contributed by atoms with Crippen molar-refractivity contribution in [3.05, 3.63) is 58.1 Å². The van der Waals surface area contributed by atoms with Crippen LogP contribution < -0.4 is 15.4 Å². The van der Waals surface area contributed by atoms with E-state index in [-0.39, 0.29) is 6.03 Å². The van der Waals surface area contributed by atoms with Gasteiger partial charge in [0.2, 0.25) is 0 Å². The minimum Gasteiger partial charge on any atom is -0.491 e. The number of rotatable bonds is 5. The van der Waals surface area contributed by atoms with E-state index in [9.17, 15) is 4.79 Å². The van der Waals surface area contributed by atoms with Crippen LogP contribution in [0.3, 0.4) is 0 Å². The van der Waals surface area contributed by atoms with Crippen LogP contribution in [0.15, 0.2) is 46.9 Å². The Morgan fingerprint density at radius 3 is 2.64 bits per heavy atom. The number of amides is 2. The number of hydrogen-bond acceptors (Lipinski definition) is 2. The highest BCUT2D eigenvalue weighted by Gasteiger charge is 2.04. The molecule has 4 nitrogen and oxygen atoms in total. The molecule has 0 saturated carbocycles. The number of nitrogens with one attached hydrogen (secondary N) is 2. The van der Waals surface area contributed by atoms with Crippen LogP contribution in [0.1, 0.15) is 11.1 Å². The summed E-state index contributed by atoms with van der Waals surface area (Å²) in [4.78, 5) is 11.8. The molecule has 0 aromatic heterocycles. The summed E-state index contributed by atoms with van der Waals surface area (Å²) in [5.74, 6) is 0.841. The maximum Gasteiger partial charge on any atom is 0.319 e. The van der Waals surface area contributed by atoms with Gasteiger partial charge in [-0.05, 0) is 49.2 Å². The van der Waals surface area contributed by atoms with E-state index in [0.29, 0.717) is 13.2 Å². The van der Waals surface area contributed by atoms with Gasteiger partial charge in [-0.1, -0.05) is 34.1 Å². The van der Waals surface area contributed by atoms with Crippen molar-refractivity contribution in [3.8, 4) is 5.75 Å². The van der Waals surface area contributed by atoms with E-state index < -0.39 is 0 Å². The van der Waals surface area contributed by atoms with Gasteiger partial charge in [-0.15, -0.1) is 0 Å². The molecule has 0 aliphatic rings. The zero-order valence-electron chi connectivity index (χ0n) is 12.7. The number of halogens is 1. The molecule has 2 aromatic carbocycles. The van der Waals surface area contributed by atoms with Crippen LogP contribution in [0.5, 0.6) is 5.75 Å². The number of carbonyl (C=O) groups excluding carboxylic acids is 1. The van der Waals surface area contributed by atoms with Crippen molar-refractivity contribution in [1.29, 1.82) is 0 Å². The zero-order valence-corrected chi connectivity index (χ0v) is 14.2. The van der Waals surface area contributed by atoms with Gasteiger partial charge in [0.1, 0.15) is 12.4 Å². The average molecular weight is 363 g/mol. The molecule has 2 amide bonds. The fourth-order valence-electron chi connectivity index (χ4n) is 1.98. The summed E-state index contributed by atoms with van der Waals surface area (Å²) < 4.78 is 6.62. The van der Waals surface area contributed by atoms with Crippen LogP contribution >= 0.6 is 15.9 Å². The Bertz CT molecular complexity index is 659. The zero-order chi connectivity index (χ0) is 15.9. The number of aryl methyl sites for hydroxylation is 2. The summed E-state index contributed by atoms with van der Waals surface area (Å²) in [6, 6.07) is 13.3. The molecule has 0 fully saturated rings. The van der Waals surface area contributed by atoms with Crippen molar-refractivity contribution >= 4 is 27.6 Å². The molecule has 0 saturated heterocycles. The van der Waals surface area contributed by atoms with E-state index in [2.05, 4.69) is 26.6 Å². The third-order valence-electron chi connectivity index (χ3n) is 3.18. The molecule has 0 unspecified atom stereocenters. The van der Waals surface area contributed by atoms with Crippen molar-refractivity contribution in [3.63, 3.8) is 0 Å². The summed E-state index contributed by atoms with van der Waals surface area (Å²) in [5, 5.41) is 5.60. The molecule has 2 rings (SSSR count). The van der Waals surface area contributed by atoms with Gasteiger partial charge in [-0.2, -0.15) is 0 Å². The van der Waals surface area contributed by atoms with Gasteiger partial charge in [-0.3, -0.25) is 0 Å². The van der Waals surface area contributed by atoms with Gasteiger partial charge in [-0.25, -0.2) is 4.79 Å². The second kappa shape index (κ2) is 7.84. The molecule has 0 bridgehead atoms. The van der Waals surface area contributed by atoms with Gasteiger partial charge in [0.15, 0.2) is 0 Å². The standard InChI is InChI=1S/C17H19BrN2O2/c1-12-5-3-4-6-16(12)22-10-9-19-17(21)20-15-8-7-14(18)11-13(15)2/h3-8,11H,9-10H2,1-2H3,(H2,19,20,21). The average Bonchev–Trinajstić information content (AvgIpc) is 2.48. The van der Waals surface area contributed by atoms with Crippen molar-refractivity contribution in [2.45, 2.75) is 13.8 Å². The van der Waals surface area contributed by atoms with Crippen LogP contribution in [0.25, 0.3) is 0 Å². The van der Waals surface area contributed by atoms with Gasteiger partial charge >= 0.3 is 6.03 Å². The molecule has 0 radical (unpaired) electrons. The van der Waals surface area contributed by atoms with Gasteiger partial charge in [0.05, 0.1) is 6.54 Å². The monoisotopic (exact) mass is 362 g/mol. The Hall–Kier alpha value is -2.01. The molecule has 2 N–H and O–H groups in total. The Morgan fingerprint density at radius 1 is 1.14 bits per heavy atom. The highest BCUT2D eigenvalue weighted by molar-refractivity contribution is 9.10. The number of para-hydroxylation sites is 1. The third kappa shape index (κ3) is 4.77. The van der Waals surface area contributed by atoms with Gasteiger partial charge in [0, 0.05) is 10.2 Å². The fourth-order valence-corrected chi connectivity index (χ4v) is 2.45. The van der Waals surface area contributed by atoms with Crippen LogP contribution in [0.2, 0.25) is 0 Å². The molecule has 0 spiro atoms. The van der Waals surface area contributed by atoms with E-state index in [1.165, 1.54) is 0 Å².